The maximum Gasteiger partial charge on any atom is 0.345 e. The van der Waals surface area contributed by atoms with Gasteiger partial charge in [0.2, 0.25) is 0 Å². The van der Waals surface area contributed by atoms with Crippen molar-refractivity contribution in [2.24, 2.45) is 0 Å². The van der Waals surface area contributed by atoms with Gasteiger partial charge in [-0.1, -0.05) is 12.1 Å². The molecule has 2 aromatic rings. The van der Waals surface area contributed by atoms with Crippen molar-refractivity contribution in [3.05, 3.63) is 34.7 Å². The van der Waals surface area contributed by atoms with Gasteiger partial charge < -0.3 is 14.6 Å². The van der Waals surface area contributed by atoms with Gasteiger partial charge in [-0.25, -0.2) is 4.79 Å². The molecule has 0 saturated carbocycles. The highest BCUT2D eigenvalue weighted by atomic mass is 32.1. The molecule has 0 amide bonds. The van der Waals surface area contributed by atoms with E-state index in [0.717, 1.165) is 15.6 Å². The molecular formula is C12H10O4S. The molecule has 1 aliphatic rings. The zero-order valence-electron chi connectivity index (χ0n) is 8.88. The summed E-state index contributed by atoms with van der Waals surface area (Å²) in [6.45, 7) is 1.16. The Hall–Kier alpha value is -1.43. The first kappa shape index (κ1) is 10.7. The Kier molecular flexibility index (Phi) is 2.58. The van der Waals surface area contributed by atoms with E-state index in [9.17, 15) is 4.79 Å². The van der Waals surface area contributed by atoms with Gasteiger partial charge in [0.1, 0.15) is 4.88 Å². The number of ether oxygens (including phenoxy) is 2. The van der Waals surface area contributed by atoms with Gasteiger partial charge in [-0.05, 0) is 12.1 Å². The van der Waals surface area contributed by atoms with Crippen LogP contribution in [0.4, 0.5) is 0 Å². The second kappa shape index (κ2) is 4.10. The molecule has 88 valence electrons. The highest BCUT2D eigenvalue weighted by molar-refractivity contribution is 7.20. The van der Waals surface area contributed by atoms with E-state index in [1.807, 2.05) is 18.2 Å². The average Bonchev–Trinajstić information content (AvgIpc) is 2.97. The van der Waals surface area contributed by atoms with Crippen LogP contribution in [0.25, 0.3) is 10.1 Å². The van der Waals surface area contributed by atoms with Crippen LogP contribution in [-0.2, 0) is 9.47 Å². The Labute approximate surface area is 101 Å². The van der Waals surface area contributed by atoms with Gasteiger partial charge in [-0.3, -0.25) is 0 Å². The molecule has 1 fully saturated rings. The second-order valence-electron chi connectivity index (χ2n) is 3.75. The lowest BCUT2D eigenvalue weighted by Crippen LogP contribution is -1.98. The maximum absolute atomic E-state index is 11.0. The minimum Gasteiger partial charge on any atom is -0.477 e. The van der Waals surface area contributed by atoms with E-state index >= 15 is 0 Å². The number of hydrogen-bond acceptors (Lipinski definition) is 4. The standard InChI is InChI=1S/C12H10O4S/c13-11(14)10-6-8-7(12-15-4-5-16-12)2-1-3-9(8)17-10/h1-3,6,12H,4-5H2,(H,13,14). The number of carbonyl (C=O) groups is 1. The molecule has 1 saturated heterocycles. The molecule has 17 heavy (non-hydrogen) atoms. The Morgan fingerprint density at radius 1 is 1.35 bits per heavy atom. The molecule has 0 atom stereocenters. The molecule has 4 nitrogen and oxygen atoms in total. The van der Waals surface area contributed by atoms with Crippen LogP contribution < -0.4 is 0 Å². The van der Waals surface area contributed by atoms with Gasteiger partial charge in [0, 0.05) is 15.6 Å². The fourth-order valence-electron chi connectivity index (χ4n) is 1.93. The Morgan fingerprint density at radius 2 is 2.12 bits per heavy atom. The quantitative estimate of drug-likeness (QED) is 0.890. The lowest BCUT2D eigenvalue weighted by molar-refractivity contribution is -0.0429. The van der Waals surface area contributed by atoms with Gasteiger partial charge in [0.05, 0.1) is 13.2 Å². The molecule has 0 bridgehead atoms. The first-order valence-corrected chi connectivity index (χ1v) is 6.06. The molecular weight excluding hydrogens is 240 g/mol. The van der Waals surface area contributed by atoms with Gasteiger partial charge >= 0.3 is 5.97 Å². The molecule has 0 radical (unpaired) electrons. The number of carboxylic acids is 1. The molecule has 0 unspecified atom stereocenters. The molecule has 3 rings (SSSR count). The number of rotatable bonds is 2. The topological polar surface area (TPSA) is 55.8 Å². The summed E-state index contributed by atoms with van der Waals surface area (Å²) in [4.78, 5) is 11.3. The predicted molar refractivity (Wildman–Crippen MR) is 63.4 cm³/mol. The average molecular weight is 250 g/mol. The SMILES string of the molecule is O=C(O)c1cc2c(C3OCCO3)cccc2s1. The minimum absolute atomic E-state index is 0.338. The minimum atomic E-state index is -0.898. The molecule has 1 N–H and O–H groups in total. The lowest BCUT2D eigenvalue weighted by Gasteiger charge is -2.10. The Morgan fingerprint density at radius 3 is 2.82 bits per heavy atom. The van der Waals surface area contributed by atoms with Crippen LogP contribution in [0.5, 0.6) is 0 Å². The smallest absolute Gasteiger partial charge is 0.345 e. The summed E-state index contributed by atoms with van der Waals surface area (Å²) >= 11 is 1.27. The highest BCUT2D eigenvalue weighted by Gasteiger charge is 2.21. The highest BCUT2D eigenvalue weighted by Crippen LogP contribution is 2.34. The van der Waals surface area contributed by atoms with Gasteiger partial charge in [-0.2, -0.15) is 0 Å². The Bertz CT molecular complexity index is 569. The van der Waals surface area contributed by atoms with E-state index in [0.29, 0.717) is 18.1 Å². The van der Waals surface area contributed by atoms with Crippen molar-refractivity contribution >= 4 is 27.4 Å². The summed E-state index contributed by atoms with van der Waals surface area (Å²) in [5.74, 6) is -0.898. The van der Waals surface area contributed by atoms with E-state index in [1.54, 1.807) is 6.07 Å². The van der Waals surface area contributed by atoms with Gasteiger partial charge in [0.25, 0.3) is 0 Å². The maximum atomic E-state index is 11.0. The van der Waals surface area contributed by atoms with Crippen molar-refractivity contribution in [2.45, 2.75) is 6.29 Å². The van der Waals surface area contributed by atoms with Gasteiger partial charge in [-0.15, -0.1) is 11.3 Å². The van der Waals surface area contributed by atoms with E-state index in [-0.39, 0.29) is 6.29 Å². The fourth-order valence-corrected chi connectivity index (χ4v) is 2.87. The van der Waals surface area contributed by atoms with E-state index < -0.39 is 5.97 Å². The number of thiophene rings is 1. The zero-order valence-corrected chi connectivity index (χ0v) is 9.70. The van der Waals surface area contributed by atoms with Crippen molar-refractivity contribution < 1.29 is 19.4 Å². The van der Waals surface area contributed by atoms with Crippen molar-refractivity contribution in [1.82, 2.24) is 0 Å². The molecule has 0 spiro atoms. The van der Waals surface area contributed by atoms with Gasteiger partial charge in [0.15, 0.2) is 6.29 Å². The molecule has 1 aromatic heterocycles. The van der Waals surface area contributed by atoms with Crippen LogP contribution in [-0.4, -0.2) is 24.3 Å². The molecule has 2 heterocycles. The number of aromatic carboxylic acids is 1. The predicted octanol–water partition coefficient (Wildman–Crippen LogP) is 2.64. The largest absolute Gasteiger partial charge is 0.477 e. The number of fused-ring (bicyclic) bond motifs is 1. The van der Waals surface area contributed by atoms with E-state index in [2.05, 4.69) is 0 Å². The molecule has 1 aromatic carbocycles. The van der Waals surface area contributed by atoms with E-state index in [4.69, 9.17) is 14.6 Å². The van der Waals surface area contributed by atoms with E-state index in [1.165, 1.54) is 11.3 Å². The summed E-state index contributed by atoms with van der Waals surface area (Å²) in [6, 6.07) is 7.40. The Balaban J connectivity index is 2.14. The monoisotopic (exact) mass is 250 g/mol. The van der Waals surface area contributed by atoms with Crippen LogP contribution in [0.1, 0.15) is 21.5 Å². The lowest BCUT2D eigenvalue weighted by atomic mass is 10.1. The first-order valence-electron chi connectivity index (χ1n) is 5.24. The van der Waals surface area contributed by atoms with Crippen LogP contribution in [0.3, 0.4) is 0 Å². The molecule has 0 aliphatic carbocycles. The van der Waals surface area contributed by atoms with Crippen LogP contribution in [0.15, 0.2) is 24.3 Å². The van der Waals surface area contributed by atoms with Crippen LogP contribution in [0, 0.1) is 0 Å². The summed E-state index contributed by atoms with van der Waals surface area (Å²) in [5, 5.41) is 9.89. The van der Waals surface area contributed by atoms with Crippen molar-refractivity contribution in [2.75, 3.05) is 13.2 Å². The van der Waals surface area contributed by atoms with Crippen LogP contribution >= 0.6 is 11.3 Å². The number of carboxylic acid groups (broad SMARTS) is 1. The molecule has 1 aliphatic heterocycles. The van der Waals surface area contributed by atoms with Crippen LogP contribution in [0.2, 0.25) is 0 Å². The van der Waals surface area contributed by atoms with Crippen molar-refractivity contribution in [3.8, 4) is 0 Å². The third-order valence-corrected chi connectivity index (χ3v) is 3.77. The zero-order chi connectivity index (χ0) is 11.8. The normalized spacial score (nSPS) is 16.7. The second-order valence-corrected chi connectivity index (χ2v) is 4.83. The third-order valence-electron chi connectivity index (χ3n) is 2.68. The summed E-state index contributed by atoms with van der Waals surface area (Å²) in [6.07, 6.45) is -0.366. The number of hydrogen-bond donors (Lipinski definition) is 1. The fraction of sp³-hybridized carbons (Fsp3) is 0.250. The summed E-state index contributed by atoms with van der Waals surface area (Å²) < 4.78 is 11.8. The first-order chi connectivity index (χ1) is 8.25. The number of benzene rings is 1. The van der Waals surface area contributed by atoms with Crippen molar-refractivity contribution in [1.29, 1.82) is 0 Å². The molecule has 5 heteroatoms. The summed E-state index contributed by atoms with van der Waals surface area (Å²) in [5.41, 5.74) is 0.906. The summed E-state index contributed by atoms with van der Waals surface area (Å²) in [7, 11) is 0. The van der Waals surface area contributed by atoms with Crippen molar-refractivity contribution in [3.63, 3.8) is 0 Å². The third kappa shape index (κ3) is 1.82.